The molecule has 6 heteroatoms. The molecule has 2 aromatic rings. The van der Waals surface area contributed by atoms with E-state index in [0.29, 0.717) is 13.0 Å². The van der Waals surface area contributed by atoms with Crippen LogP contribution >= 0.6 is 0 Å². The van der Waals surface area contributed by atoms with E-state index in [1.165, 1.54) is 17.0 Å². The Hall–Kier alpha value is -3.15. The molecule has 29 heavy (non-hydrogen) atoms. The molecular weight excluding hydrogens is 371 g/mol. The van der Waals surface area contributed by atoms with Crippen LogP contribution in [0.25, 0.3) is 0 Å². The zero-order chi connectivity index (χ0) is 20.8. The predicted molar refractivity (Wildman–Crippen MR) is 108 cm³/mol. The van der Waals surface area contributed by atoms with Gasteiger partial charge in [-0.25, -0.2) is 9.18 Å². The quantitative estimate of drug-likeness (QED) is 0.712. The van der Waals surface area contributed by atoms with Gasteiger partial charge in [0, 0.05) is 12.4 Å². The van der Waals surface area contributed by atoms with E-state index in [1.54, 1.807) is 29.4 Å². The van der Waals surface area contributed by atoms with Gasteiger partial charge in [-0.3, -0.25) is 9.69 Å². The van der Waals surface area contributed by atoms with Crippen molar-refractivity contribution in [1.29, 1.82) is 0 Å². The number of carbonyl (C=O) groups excluding carboxylic acids is 2. The molecule has 0 unspecified atom stereocenters. The Labute approximate surface area is 170 Å². The maximum Gasteiger partial charge on any atom is 0.414 e. The first-order chi connectivity index (χ1) is 13.9. The second kappa shape index (κ2) is 9.37. The molecule has 1 heterocycles. The minimum atomic E-state index is -0.635. The van der Waals surface area contributed by atoms with Crippen molar-refractivity contribution in [3.05, 3.63) is 83.9 Å². The molecule has 2 amide bonds. The number of amides is 2. The predicted octanol–water partition coefficient (Wildman–Crippen LogP) is 4.69. The van der Waals surface area contributed by atoms with Gasteiger partial charge < -0.3 is 9.64 Å². The number of ether oxygens (including phenoxy) is 1. The van der Waals surface area contributed by atoms with Gasteiger partial charge in [0.2, 0.25) is 5.91 Å². The SMILES string of the molecule is CC(C)C[C@H]1C(=O)N(Cc2ccc(F)cc2)C=CN1C(=O)OCc1ccccc1. The van der Waals surface area contributed by atoms with Gasteiger partial charge in [-0.2, -0.15) is 0 Å². The first-order valence-electron chi connectivity index (χ1n) is 9.66. The summed E-state index contributed by atoms with van der Waals surface area (Å²) in [6.07, 6.45) is 3.13. The van der Waals surface area contributed by atoms with E-state index in [0.717, 1.165) is 11.1 Å². The molecule has 0 radical (unpaired) electrons. The van der Waals surface area contributed by atoms with Crippen LogP contribution in [0.15, 0.2) is 67.0 Å². The number of benzene rings is 2. The second-order valence-electron chi connectivity index (χ2n) is 7.48. The van der Waals surface area contributed by atoms with Crippen molar-refractivity contribution in [2.24, 2.45) is 5.92 Å². The smallest absolute Gasteiger partial charge is 0.414 e. The molecular formula is C23H25FN2O3. The van der Waals surface area contributed by atoms with E-state index in [-0.39, 0.29) is 24.2 Å². The number of carbonyl (C=O) groups is 2. The Balaban J connectivity index is 1.72. The molecule has 0 aromatic heterocycles. The van der Waals surface area contributed by atoms with Gasteiger partial charge in [0.25, 0.3) is 0 Å². The van der Waals surface area contributed by atoms with Crippen molar-refractivity contribution in [1.82, 2.24) is 9.80 Å². The van der Waals surface area contributed by atoms with Gasteiger partial charge in [0.05, 0.1) is 6.54 Å². The van der Waals surface area contributed by atoms with E-state index >= 15 is 0 Å². The molecule has 0 saturated carbocycles. The third-order valence-corrected chi connectivity index (χ3v) is 4.69. The van der Waals surface area contributed by atoms with Crippen molar-refractivity contribution >= 4 is 12.0 Å². The Morgan fingerprint density at radius 2 is 1.72 bits per heavy atom. The molecule has 0 N–H and O–H groups in total. The van der Waals surface area contributed by atoms with Crippen LogP contribution in [0.5, 0.6) is 0 Å². The topological polar surface area (TPSA) is 49.9 Å². The van der Waals surface area contributed by atoms with Crippen LogP contribution in [-0.4, -0.2) is 27.8 Å². The Bertz CT molecular complexity index is 865. The fourth-order valence-electron chi connectivity index (χ4n) is 3.20. The van der Waals surface area contributed by atoms with Crippen LogP contribution in [0.2, 0.25) is 0 Å². The van der Waals surface area contributed by atoms with Gasteiger partial charge in [0.15, 0.2) is 0 Å². The summed E-state index contributed by atoms with van der Waals surface area (Å²) in [6.45, 7) is 4.47. The van der Waals surface area contributed by atoms with Gasteiger partial charge in [-0.05, 0) is 35.6 Å². The Morgan fingerprint density at radius 3 is 2.38 bits per heavy atom. The lowest BCUT2D eigenvalue weighted by molar-refractivity contribution is -0.135. The van der Waals surface area contributed by atoms with Crippen molar-refractivity contribution < 1.29 is 18.7 Å². The molecule has 0 fully saturated rings. The number of nitrogens with zero attached hydrogens (tertiary/aromatic N) is 2. The summed E-state index contributed by atoms with van der Waals surface area (Å²) < 4.78 is 18.5. The highest BCUT2D eigenvalue weighted by molar-refractivity contribution is 5.88. The highest BCUT2D eigenvalue weighted by atomic mass is 19.1. The Kier molecular flexibility index (Phi) is 6.65. The fourth-order valence-corrected chi connectivity index (χ4v) is 3.20. The second-order valence-corrected chi connectivity index (χ2v) is 7.48. The lowest BCUT2D eigenvalue weighted by atomic mass is 10.0. The van der Waals surface area contributed by atoms with Crippen molar-refractivity contribution in [3.63, 3.8) is 0 Å². The number of hydrogen-bond donors (Lipinski definition) is 0. The first-order valence-corrected chi connectivity index (χ1v) is 9.66. The highest BCUT2D eigenvalue weighted by Crippen LogP contribution is 2.22. The number of hydrogen-bond acceptors (Lipinski definition) is 3. The average molecular weight is 396 g/mol. The molecule has 0 saturated heterocycles. The van der Waals surface area contributed by atoms with Crippen molar-refractivity contribution in [2.45, 2.75) is 39.5 Å². The first kappa shape index (κ1) is 20.6. The van der Waals surface area contributed by atoms with Gasteiger partial charge >= 0.3 is 6.09 Å². The summed E-state index contributed by atoms with van der Waals surface area (Å²) in [5.41, 5.74) is 1.69. The summed E-state index contributed by atoms with van der Waals surface area (Å²) in [5.74, 6) is -0.283. The average Bonchev–Trinajstić information content (AvgIpc) is 2.71. The van der Waals surface area contributed by atoms with E-state index in [1.807, 2.05) is 44.2 Å². The lowest BCUT2D eigenvalue weighted by Gasteiger charge is -2.36. The highest BCUT2D eigenvalue weighted by Gasteiger charge is 2.36. The number of rotatable bonds is 6. The molecule has 1 aliphatic heterocycles. The summed E-state index contributed by atoms with van der Waals surface area (Å²) in [4.78, 5) is 28.6. The third-order valence-electron chi connectivity index (χ3n) is 4.69. The maximum absolute atomic E-state index is 13.1. The minimum absolute atomic E-state index is 0.145. The van der Waals surface area contributed by atoms with Gasteiger partial charge in [-0.1, -0.05) is 56.3 Å². The molecule has 152 valence electrons. The molecule has 2 aromatic carbocycles. The monoisotopic (exact) mass is 396 g/mol. The van der Waals surface area contributed by atoms with Crippen LogP contribution in [0.4, 0.5) is 9.18 Å². The minimum Gasteiger partial charge on any atom is -0.444 e. The van der Waals surface area contributed by atoms with Crippen molar-refractivity contribution in [3.8, 4) is 0 Å². The van der Waals surface area contributed by atoms with Gasteiger partial charge in [-0.15, -0.1) is 0 Å². The molecule has 0 bridgehead atoms. The molecule has 0 spiro atoms. The van der Waals surface area contributed by atoms with E-state index < -0.39 is 12.1 Å². The fraction of sp³-hybridized carbons (Fsp3) is 0.304. The molecule has 1 atom stereocenters. The molecule has 0 aliphatic carbocycles. The van der Waals surface area contributed by atoms with Crippen molar-refractivity contribution in [2.75, 3.05) is 0 Å². The third kappa shape index (κ3) is 5.44. The molecule has 3 rings (SSSR count). The van der Waals surface area contributed by atoms with Crippen LogP contribution in [0.1, 0.15) is 31.4 Å². The zero-order valence-electron chi connectivity index (χ0n) is 16.6. The number of halogens is 1. The van der Waals surface area contributed by atoms with Crippen LogP contribution in [-0.2, 0) is 22.7 Å². The molecule has 5 nitrogen and oxygen atoms in total. The largest absolute Gasteiger partial charge is 0.444 e. The van der Waals surface area contributed by atoms with Crippen LogP contribution < -0.4 is 0 Å². The van der Waals surface area contributed by atoms with E-state index in [2.05, 4.69) is 0 Å². The maximum atomic E-state index is 13.1. The van der Waals surface area contributed by atoms with Gasteiger partial charge in [0.1, 0.15) is 18.5 Å². The summed E-state index contributed by atoms with van der Waals surface area (Å²) in [7, 11) is 0. The van der Waals surface area contributed by atoms with E-state index in [4.69, 9.17) is 4.74 Å². The van der Waals surface area contributed by atoms with Crippen LogP contribution in [0, 0.1) is 11.7 Å². The van der Waals surface area contributed by atoms with Crippen LogP contribution in [0.3, 0.4) is 0 Å². The molecule has 1 aliphatic rings. The zero-order valence-corrected chi connectivity index (χ0v) is 16.6. The van der Waals surface area contributed by atoms with E-state index in [9.17, 15) is 14.0 Å². The lowest BCUT2D eigenvalue weighted by Crippen LogP contribution is -2.51. The summed E-state index contributed by atoms with van der Waals surface area (Å²) in [6, 6.07) is 14.8. The summed E-state index contributed by atoms with van der Waals surface area (Å²) >= 11 is 0. The summed E-state index contributed by atoms with van der Waals surface area (Å²) in [5, 5.41) is 0. The normalized spacial score (nSPS) is 16.4. The standard InChI is InChI=1S/C23H25FN2O3/c1-17(2)14-21-22(27)25(15-18-8-10-20(24)11-9-18)12-13-26(21)23(28)29-16-19-6-4-3-5-7-19/h3-13,17,21H,14-16H2,1-2H3/t21-/m0/s1. The Morgan fingerprint density at radius 1 is 1.03 bits per heavy atom.